The van der Waals surface area contributed by atoms with Gasteiger partial charge in [0.25, 0.3) is 0 Å². The molecule has 0 bridgehead atoms. The quantitative estimate of drug-likeness (QED) is 0.210. The number of aliphatic carboxylic acids is 5. The molecule has 0 saturated heterocycles. The summed E-state index contributed by atoms with van der Waals surface area (Å²) in [7, 11) is 0. The summed E-state index contributed by atoms with van der Waals surface area (Å²) in [5.41, 5.74) is 0. The monoisotopic (exact) mass is 458 g/mol. The minimum absolute atomic E-state index is 0. The molecule has 16 heteroatoms. The van der Waals surface area contributed by atoms with Gasteiger partial charge in [0, 0.05) is 0 Å². The van der Waals surface area contributed by atoms with Crippen LogP contribution < -0.4 is 25.5 Å². The van der Waals surface area contributed by atoms with Crippen molar-refractivity contribution >= 4 is 61.3 Å². The van der Waals surface area contributed by atoms with Gasteiger partial charge in [-0.3, -0.25) is 24.0 Å². The molecule has 0 aromatic rings. The zero-order chi connectivity index (χ0) is 21.4. The Hall–Kier alpha value is -3.56. The second kappa shape index (κ2) is 33.1. The molecule has 0 spiro atoms. The molecule has 0 aromatic carbocycles. The van der Waals surface area contributed by atoms with Gasteiger partial charge in [0.15, 0.2) is 31.4 Å². The van der Waals surface area contributed by atoms with Crippen LogP contribution in [0.1, 0.15) is 0 Å². The predicted octanol–water partition coefficient (Wildman–Crippen LogP) is -10.3. The second-order valence-corrected chi connectivity index (χ2v) is 2.18. The van der Waals surface area contributed by atoms with Gasteiger partial charge in [0.2, 0.25) is 0 Å². The van der Waals surface area contributed by atoms with E-state index in [1.807, 2.05) is 0 Å². The van der Waals surface area contributed by atoms with E-state index in [2.05, 4.69) is 0 Å². The third-order valence-electron chi connectivity index (χ3n) is 0.481. The van der Waals surface area contributed by atoms with Crippen molar-refractivity contribution in [1.82, 2.24) is 0 Å². The maximum Gasteiger partial charge on any atom is 5.00 e. The third kappa shape index (κ3) is 186. The Bertz CT molecular complexity index is 390. The van der Waals surface area contributed by atoms with Crippen LogP contribution in [-0.2, 0) is 70.3 Å². The smallest absolute Gasteiger partial charge is 0.542 e. The van der Waals surface area contributed by atoms with Gasteiger partial charge < -0.3 is 49.5 Å². The first kappa shape index (κ1) is 38.2. The zero-order valence-electron chi connectivity index (χ0n) is 12.0. The zero-order valence-corrected chi connectivity index (χ0v) is 14.2. The number of rotatable bonds is 5. The standard InChI is InChI=1S/5C2H2O3.Nb/c5*3-1-2(4)5;/h5*1H,(H,4,5);/q;;;;;+5/p-5. The normalized spacial score (nSPS) is 6.15. The van der Waals surface area contributed by atoms with E-state index in [9.17, 15) is 0 Å². The molecule has 26 heavy (non-hydrogen) atoms. The molecule has 0 fully saturated rings. The Morgan fingerprint density at radius 3 is 0.423 bits per heavy atom. The minimum Gasteiger partial charge on any atom is -0.542 e. The summed E-state index contributed by atoms with van der Waals surface area (Å²) < 4.78 is 0. The first-order valence-corrected chi connectivity index (χ1v) is 4.66. The summed E-state index contributed by atoms with van der Waals surface area (Å²) >= 11 is 0. The first-order valence-electron chi connectivity index (χ1n) is 4.66. The maximum atomic E-state index is 8.89. The minimum atomic E-state index is -1.68. The molecular weight excluding hydrogens is 453 g/mol. The molecule has 0 heterocycles. The number of carboxylic acid groups (broad SMARTS) is 5. The van der Waals surface area contributed by atoms with Crippen LogP contribution in [0.5, 0.6) is 0 Å². The van der Waals surface area contributed by atoms with Crippen molar-refractivity contribution < 1.29 is 95.9 Å². The summed E-state index contributed by atoms with van der Waals surface area (Å²) in [5.74, 6) is -8.38. The summed E-state index contributed by atoms with van der Waals surface area (Å²) in [6.45, 7) is 0. The molecule has 15 nitrogen and oxygen atoms in total. The van der Waals surface area contributed by atoms with Crippen LogP contribution in [-0.4, -0.2) is 61.3 Å². The van der Waals surface area contributed by atoms with Crippen LogP contribution in [0.4, 0.5) is 0 Å². The average Bonchev–Trinajstić information content (AvgIpc) is 2.56. The molecular formula is C10H5NbO15. The van der Waals surface area contributed by atoms with E-state index in [1.54, 1.807) is 0 Å². The Labute approximate surface area is 157 Å². The number of hydrogen-bond donors (Lipinski definition) is 0. The number of aldehydes is 5. The fourth-order valence-electron chi connectivity index (χ4n) is 0. The molecule has 0 aliphatic carbocycles. The van der Waals surface area contributed by atoms with E-state index in [0.717, 1.165) is 0 Å². The van der Waals surface area contributed by atoms with E-state index < -0.39 is 29.8 Å². The summed E-state index contributed by atoms with van der Waals surface area (Å²) in [4.78, 5) is 88.7. The number of carbonyl (C=O) groups is 10. The van der Waals surface area contributed by atoms with Crippen LogP contribution in [0.3, 0.4) is 0 Å². The molecule has 0 atom stereocenters. The van der Waals surface area contributed by atoms with Crippen molar-refractivity contribution in [2.24, 2.45) is 0 Å². The fraction of sp³-hybridized carbons (Fsp3) is 0. The Balaban J connectivity index is -0.0000000476. The average molecular weight is 458 g/mol. The molecule has 0 aliphatic heterocycles. The summed E-state index contributed by atoms with van der Waals surface area (Å²) in [6.07, 6.45) is -1.39. The van der Waals surface area contributed by atoms with Crippen molar-refractivity contribution in [3.05, 3.63) is 0 Å². The predicted molar refractivity (Wildman–Crippen MR) is 55.4 cm³/mol. The van der Waals surface area contributed by atoms with Crippen LogP contribution in [0, 0.1) is 0 Å². The van der Waals surface area contributed by atoms with Crippen LogP contribution in [0.25, 0.3) is 0 Å². The largest absolute Gasteiger partial charge is 5.00 e. The van der Waals surface area contributed by atoms with Crippen molar-refractivity contribution in [2.45, 2.75) is 0 Å². The van der Waals surface area contributed by atoms with Gasteiger partial charge in [0.05, 0.1) is 0 Å². The third-order valence-corrected chi connectivity index (χ3v) is 0.481. The summed E-state index contributed by atoms with van der Waals surface area (Å²) in [6, 6.07) is 0. The maximum absolute atomic E-state index is 8.89. The van der Waals surface area contributed by atoms with Crippen molar-refractivity contribution in [2.75, 3.05) is 0 Å². The van der Waals surface area contributed by atoms with E-state index in [0.29, 0.717) is 0 Å². The molecule has 0 N–H and O–H groups in total. The molecule has 0 saturated carbocycles. The Kier molecular flexibility index (Phi) is 48.6. The van der Waals surface area contributed by atoms with E-state index >= 15 is 0 Å². The van der Waals surface area contributed by atoms with E-state index in [4.69, 9.17) is 73.5 Å². The molecule has 140 valence electrons. The second-order valence-electron chi connectivity index (χ2n) is 2.18. The summed E-state index contributed by atoms with van der Waals surface area (Å²) in [5, 5.41) is 44.4. The van der Waals surface area contributed by atoms with Crippen LogP contribution in [0.15, 0.2) is 0 Å². The van der Waals surface area contributed by atoms with Gasteiger partial charge in [0.1, 0.15) is 29.8 Å². The molecule has 0 amide bonds. The van der Waals surface area contributed by atoms with Crippen molar-refractivity contribution in [3.63, 3.8) is 0 Å². The fourth-order valence-corrected chi connectivity index (χ4v) is 0. The number of carbonyl (C=O) groups excluding carboxylic acids is 10. The Morgan fingerprint density at radius 2 is 0.423 bits per heavy atom. The van der Waals surface area contributed by atoms with E-state index in [1.165, 1.54) is 0 Å². The Morgan fingerprint density at radius 1 is 0.385 bits per heavy atom. The van der Waals surface area contributed by atoms with Crippen LogP contribution >= 0.6 is 0 Å². The molecule has 0 unspecified atom stereocenters. The van der Waals surface area contributed by atoms with Gasteiger partial charge in [-0.15, -0.1) is 0 Å². The number of hydrogen-bond acceptors (Lipinski definition) is 15. The van der Waals surface area contributed by atoms with Gasteiger partial charge in [-0.25, -0.2) is 0 Å². The topological polar surface area (TPSA) is 286 Å². The van der Waals surface area contributed by atoms with E-state index in [-0.39, 0.29) is 53.8 Å². The first-order chi connectivity index (χ1) is 11.4. The van der Waals surface area contributed by atoms with Gasteiger partial charge in [-0.05, 0) is 0 Å². The van der Waals surface area contributed by atoms with Crippen molar-refractivity contribution in [1.29, 1.82) is 0 Å². The SMILES string of the molecule is O=CC(=O)[O-].O=CC(=O)[O-].O=CC(=O)[O-].O=CC(=O)[O-].O=CC(=O)[O-].[Nb+5]. The molecule has 0 rings (SSSR count). The van der Waals surface area contributed by atoms with Crippen molar-refractivity contribution in [3.8, 4) is 0 Å². The molecule has 0 aliphatic rings. The van der Waals surface area contributed by atoms with Gasteiger partial charge in [-0.1, -0.05) is 0 Å². The van der Waals surface area contributed by atoms with Gasteiger partial charge >= 0.3 is 22.4 Å². The number of carboxylic acids is 5. The van der Waals surface area contributed by atoms with Gasteiger partial charge in [-0.2, -0.15) is 0 Å². The van der Waals surface area contributed by atoms with Crippen LogP contribution in [0.2, 0.25) is 0 Å². The molecule has 0 radical (unpaired) electrons. The molecule has 0 aromatic heterocycles.